The number of carbonyl (C=O) groups excluding carboxylic acids is 1. The van der Waals surface area contributed by atoms with Crippen molar-refractivity contribution < 1.29 is 9.53 Å². The zero-order valence-corrected chi connectivity index (χ0v) is 14.1. The van der Waals surface area contributed by atoms with Gasteiger partial charge in [-0.2, -0.15) is 0 Å². The molecule has 2 heterocycles. The van der Waals surface area contributed by atoms with E-state index in [-0.39, 0.29) is 24.0 Å². The van der Waals surface area contributed by atoms with E-state index in [0.29, 0.717) is 5.25 Å². The number of hydrogen-bond donors (Lipinski definition) is 1. The summed E-state index contributed by atoms with van der Waals surface area (Å²) < 4.78 is 6.35. The Balaban J connectivity index is 2.17. The summed E-state index contributed by atoms with van der Waals surface area (Å²) in [6.07, 6.45) is 2.01. The summed E-state index contributed by atoms with van der Waals surface area (Å²) in [6.45, 7) is 6.46. The molecule has 0 radical (unpaired) electrons. The predicted molar refractivity (Wildman–Crippen MR) is 85.4 cm³/mol. The van der Waals surface area contributed by atoms with Crippen LogP contribution in [0.5, 0.6) is 0 Å². The van der Waals surface area contributed by atoms with Crippen LogP contribution in [-0.2, 0) is 9.53 Å². The van der Waals surface area contributed by atoms with Gasteiger partial charge in [0.05, 0.1) is 11.3 Å². The molecular weight excluding hydrogens is 290 g/mol. The molecule has 3 unspecified atom stereocenters. The third kappa shape index (κ3) is 3.38. The predicted octanol–water partition coefficient (Wildman–Crippen LogP) is 3.85. The number of methoxy groups -OCH3 is 1. The van der Waals surface area contributed by atoms with Crippen molar-refractivity contribution in [3.63, 3.8) is 0 Å². The maximum absolute atomic E-state index is 12.0. The van der Waals surface area contributed by atoms with E-state index in [9.17, 15) is 4.79 Å². The van der Waals surface area contributed by atoms with Gasteiger partial charge in [-0.05, 0) is 29.3 Å². The summed E-state index contributed by atoms with van der Waals surface area (Å²) in [5.74, 6) is 0.122. The number of rotatable bonds is 5. The van der Waals surface area contributed by atoms with E-state index >= 15 is 0 Å². The van der Waals surface area contributed by atoms with Gasteiger partial charge in [0.25, 0.3) is 0 Å². The highest BCUT2D eigenvalue weighted by atomic mass is 32.2. The summed E-state index contributed by atoms with van der Waals surface area (Å²) in [6, 6.07) is 2.21. The third-order valence-corrected chi connectivity index (χ3v) is 6.30. The second kappa shape index (κ2) is 6.96. The van der Waals surface area contributed by atoms with E-state index in [4.69, 9.17) is 4.74 Å². The zero-order valence-electron chi connectivity index (χ0n) is 12.5. The Bertz CT molecular complexity index is 460. The molecule has 112 valence electrons. The minimum atomic E-state index is -0.224. The van der Waals surface area contributed by atoms with E-state index < -0.39 is 0 Å². The Kier molecular flexibility index (Phi) is 5.52. The molecule has 0 fully saturated rings. The maximum Gasteiger partial charge on any atom is 0.323 e. The highest BCUT2D eigenvalue weighted by molar-refractivity contribution is 8.01. The van der Waals surface area contributed by atoms with Gasteiger partial charge in [-0.1, -0.05) is 27.2 Å². The standard InChI is InChI=1S/C15H23NO2S2/c1-5-9(2)13(14(17)18-4)16-12-8-10(3)20-15-11(12)6-7-19-15/h6-7,9-10,12-13,16H,5,8H2,1-4H3/t9?,10-,12?,13?/m0/s1. The molecule has 0 aromatic carbocycles. The van der Waals surface area contributed by atoms with E-state index in [1.807, 2.05) is 11.8 Å². The normalized spacial score (nSPS) is 24.8. The van der Waals surface area contributed by atoms with Crippen molar-refractivity contribution in [2.75, 3.05) is 7.11 Å². The lowest BCUT2D eigenvalue weighted by atomic mass is 9.96. The van der Waals surface area contributed by atoms with Gasteiger partial charge in [0.2, 0.25) is 0 Å². The van der Waals surface area contributed by atoms with Gasteiger partial charge in [0, 0.05) is 11.3 Å². The number of nitrogens with one attached hydrogen (secondary N) is 1. The Morgan fingerprint density at radius 3 is 3.00 bits per heavy atom. The Hall–Kier alpha value is -0.520. The van der Waals surface area contributed by atoms with Gasteiger partial charge >= 0.3 is 5.97 Å². The van der Waals surface area contributed by atoms with Crippen LogP contribution in [0.4, 0.5) is 0 Å². The van der Waals surface area contributed by atoms with Crippen LogP contribution in [0.1, 0.15) is 45.2 Å². The molecule has 4 atom stereocenters. The number of ether oxygens (including phenoxy) is 1. The number of esters is 1. The fraction of sp³-hybridized carbons (Fsp3) is 0.667. The smallest absolute Gasteiger partial charge is 0.323 e. The average molecular weight is 313 g/mol. The molecule has 0 amide bonds. The molecule has 0 saturated heterocycles. The highest BCUT2D eigenvalue weighted by Gasteiger charge is 2.32. The lowest BCUT2D eigenvalue weighted by molar-refractivity contribution is -0.144. The molecule has 0 spiro atoms. The monoisotopic (exact) mass is 313 g/mol. The first-order valence-corrected chi connectivity index (χ1v) is 8.90. The minimum Gasteiger partial charge on any atom is -0.468 e. The summed E-state index contributed by atoms with van der Waals surface area (Å²) in [5.41, 5.74) is 1.34. The fourth-order valence-corrected chi connectivity index (χ4v) is 5.12. The van der Waals surface area contributed by atoms with Gasteiger partial charge in [-0.3, -0.25) is 10.1 Å². The van der Waals surface area contributed by atoms with Crippen molar-refractivity contribution in [1.82, 2.24) is 5.32 Å². The first kappa shape index (κ1) is 15.9. The van der Waals surface area contributed by atoms with Crippen molar-refractivity contribution >= 4 is 29.1 Å². The Morgan fingerprint density at radius 1 is 1.60 bits per heavy atom. The van der Waals surface area contributed by atoms with Crippen LogP contribution in [0.2, 0.25) is 0 Å². The molecule has 1 aliphatic heterocycles. The second-order valence-electron chi connectivity index (χ2n) is 5.43. The number of thioether (sulfide) groups is 1. The molecule has 0 aliphatic carbocycles. The van der Waals surface area contributed by atoms with E-state index in [2.05, 4.69) is 37.5 Å². The molecule has 1 aromatic rings. The second-order valence-corrected chi connectivity index (χ2v) is 8.06. The first-order valence-electron chi connectivity index (χ1n) is 7.14. The van der Waals surface area contributed by atoms with Crippen LogP contribution < -0.4 is 5.32 Å². The van der Waals surface area contributed by atoms with Crippen LogP contribution in [0.15, 0.2) is 15.7 Å². The Labute approximate surface area is 129 Å². The van der Waals surface area contributed by atoms with E-state index in [1.54, 1.807) is 11.3 Å². The lowest BCUT2D eigenvalue weighted by Crippen LogP contribution is -2.45. The van der Waals surface area contributed by atoms with Crippen molar-refractivity contribution in [2.45, 2.75) is 55.2 Å². The first-order chi connectivity index (χ1) is 9.56. The van der Waals surface area contributed by atoms with E-state index in [1.165, 1.54) is 16.9 Å². The summed E-state index contributed by atoms with van der Waals surface area (Å²) in [5, 5.41) is 6.27. The van der Waals surface area contributed by atoms with Crippen molar-refractivity contribution in [1.29, 1.82) is 0 Å². The van der Waals surface area contributed by atoms with Crippen molar-refractivity contribution in [3.05, 3.63) is 17.0 Å². The van der Waals surface area contributed by atoms with Gasteiger partial charge in [0.15, 0.2) is 0 Å². The highest BCUT2D eigenvalue weighted by Crippen LogP contribution is 2.44. The summed E-state index contributed by atoms with van der Waals surface area (Å²) >= 11 is 3.74. The summed E-state index contributed by atoms with van der Waals surface area (Å²) in [4.78, 5) is 12.0. The van der Waals surface area contributed by atoms with Crippen LogP contribution in [0, 0.1) is 5.92 Å². The number of thiophene rings is 1. The molecular formula is C15H23NO2S2. The number of fused-ring (bicyclic) bond motifs is 1. The number of hydrogen-bond acceptors (Lipinski definition) is 5. The molecule has 0 bridgehead atoms. The van der Waals surface area contributed by atoms with Crippen LogP contribution in [-0.4, -0.2) is 24.4 Å². The largest absolute Gasteiger partial charge is 0.468 e. The van der Waals surface area contributed by atoms with Crippen LogP contribution in [0.25, 0.3) is 0 Å². The zero-order chi connectivity index (χ0) is 14.7. The van der Waals surface area contributed by atoms with Crippen molar-refractivity contribution in [3.8, 4) is 0 Å². The van der Waals surface area contributed by atoms with E-state index in [0.717, 1.165) is 12.8 Å². The van der Waals surface area contributed by atoms with Gasteiger partial charge in [-0.25, -0.2) is 0 Å². The van der Waals surface area contributed by atoms with Crippen LogP contribution in [0.3, 0.4) is 0 Å². The SMILES string of the molecule is CCC(C)C(NC1C[C@H](C)Sc2sccc21)C(=O)OC. The fourth-order valence-electron chi connectivity index (χ4n) is 2.55. The molecule has 1 aromatic heterocycles. The average Bonchev–Trinajstić information content (AvgIpc) is 2.90. The molecule has 20 heavy (non-hydrogen) atoms. The minimum absolute atomic E-state index is 0.151. The van der Waals surface area contributed by atoms with Crippen molar-refractivity contribution in [2.24, 2.45) is 5.92 Å². The van der Waals surface area contributed by atoms with Crippen LogP contribution >= 0.6 is 23.1 Å². The third-order valence-electron chi connectivity index (χ3n) is 3.96. The Morgan fingerprint density at radius 2 is 2.35 bits per heavy atom. The topological polar surface area (TPSA) is 38.3 Å². The maximum atomic E-state index is 12.0. The molecule has 1 N–H and O–H groups in total. The molecule has 3 nitrogen and oxygen atoms in total. The molecule has 5 heteroatoms. The van der Waals surface area contributed by atoms with Gasteiger partial charge in [-0.15, -0.1) is 23.1 Å². The number of carbonyl (C=O) groups is 1. The molecule has 0 saturated carbocycles. The summed E-state index contributed by atoms with van der Waals surface area (Å²) in [7, 11) is 1.47. The quantitative estimate of drug-likeness (QED) is 0.838. The van der Waals surface area contributed by atoms with Gasteiger partial charge in [0.1, 0.15) is 6.04 Å². The molecule has 2 rings (SSSR count). The van der Waals surface area contributed by atoms with Gasteiger partial charge < -0.3 is 4.74 Å². The lowest BCUT2D eigenvalue weighted by Gasteiger charge is -2.32. The molecule has 1 aliphatic rings.